The highest BCUT2D eigenvalue weighted by Crippen LogP contribution is 2.38. The number of hydrogen-bond acceptors (Lipinski definition) is 3. The molecule has 0 aromatic heterocycles. The summed E-state index contributed by atoms with van der Waals surface area (Å²) in [6.45, 7) is 10.4. The van der Waals surface area contributed by atoms with Gasteiger partial charge in [0.1, 0.15) is 0 Å². The van der Waals surface area contributed by atoms with Crippen molar-refractivity contribution in [1.29, 1.82) is 0 Å². The van der Waals surface area contributed by atoms with Crippen molar-refractivity contribution in [2.75, 3.05) is 5.75 Å². The van der Waals surface area contributed by atoms with Crippen LogP contribution >= 0.6 is 11.8 Å². The average Bonchev–Trinajstić information content (AvgIpc) is 2.65. The summed E-state index contributed by atoms with van der Waals surface area (Å²) in [5.41, 5.74) is 1.22. The fraction of sp³-hybridized carbons (Fsp3) is 0.579. The highest BCUT2D eigenvalue weighted by atomic mass is 32.2. The van der Waals surface area contributed by atoms with Crippen LogP contribution < -0.4 is 0 Å². The number of hydrogen-bond donors (Lipinski definition) is 0. The van der Waals surface area contributed by atoms with Gasteiger partial charge in [-0.05, 0) is 59.6 Å². The smallest absolute Gasteiger partial charge is 0.164 e. The summed E-state index contributed by atoms with van der Waals surface area (Å²) in [5.74, 6) is 0.557. The van der Waals surface area contributed by atoms with E-state index in [1.165, 1.54) is 10.5 Å². The van der Waals surface area contributed by atoms with E-state index in [0.29, 0.717) is 0 Å². The third-order valence-electron chi connectivity index (χ3n) is 3.94. The minimum atomic E-state index is -0.463. The van der Waals surface area contributed by atoms with E-state index in [4.69, 9.17) is 9.47 Å². The fourth-order valence-electron chi connectivity index (χ4n) is 2.87. The molecule has 1 aliphatic rings. The monoisotopic (exact) mass is 320 g/mol. The molecule has 0 radical (unpaired) electrons. The van der Waals surface area contributed by atoms with Gasteiger partial charge in [-0.15, -0.1) is 11.8 Å². The van der Waals surface area contributed by atoms with E-state index in [9.17, 15) is 0 Å². The second-order valence-electron chi connectivity index (χ2n) is 6.93. The summed E-state index contributed by atoms with van der Waals surface area (Å²) in [6, 6.07) is 10.5. The molecule has 1 aromatic rings. The molecule has 122 valence electrons. The van der Waals surface area contributed by atoms with Crippen LogP contribution in [0.15, 0.2) is 46.9 Å². The van der Waals surface area contributed by atoms with Crippen LogP contribution in [0.25, 0.3) is 0 Å². The summed E-state index contributed by atoms with van der Waals surface area (Å²) in [7, 11) is 0. The van der Waals surface area contributed by atoms with E-state index in [-0.39, 0.29) is 11.7 Å². The quantitative estimate of drug-likeness (QED) is 0.514. The van der Waals surface area contributed by atoms with Crippen LogP contribution in [0.3, 0.4) is 0 Å². The van der Waals surface area contributed by atoms with Crippen molar-refractivity contribution in [3.05, 3.63) is 42.0 Å². The number of allylic oxidation sites excluding steroid dienone is 1. The lowest BCUT2D eigenvalue weighted by atomic mass is 9.96. The fourth-order valence-corrected chi connectivity index (χ4v) is 3.78. The lowest BCUT2D eigenvalue weighted by Crippen LogP contribution is -2.33. The molecule has 1 fully saturated rings. The molecule has 22 heavy (non-hydrogen) atoms. The zero-order valence-corrected chi connectivity index (χ0v) is 15.2. The van der Waals surface area contributed by atoms with Gasteiger partial charge in [-0.25, -0.2) is 0 Å². The van der Waals surface area contributed by atoms with Crippen molar-refractivity contribution >= 4 is 11.8 Å². The first-order valence-corrected chi connectivity index (χ1v) is 8.98. The Morgan fingerprint density at radius 2 is 1.86 bits per heavy atom. The standard InChI is InChI=1S/C19H28O2S/c1-15(13-14-22-16-9-7-6-8-10-16)11-12-17-18(2,3)21-19(4,5)20-17/h6-10,13,17H,11-12,14H2,1-5H3/b15-13+/t17-/m1/s1. The van der Waals surface area contributed by atoms with Gasteiger partial charge in [-0.3, -0.25) is 0 Å². The third-order valence-corrected chi connectivity index (χ3v) is 4.88. The van der Waals surface area contributed by atoms with Crippen LogP contribution in [0.4, 0.5) is 0 Å². The third kappa shape index (κ3) is 5.15. The second kappa shape index (κ2) is 7.20. The lowest BCUT2D eigenvalue weighted by Gasteiger charge is -2.24. The van der Waals surface area contributed by atoms with Gasteiger partial charge in [0.25, 0.3) is 0 Å². The van der Waals surface area contributed by atoms with Gasteiger partial charge in [0, 0.05) is 10.6 Å². The maximum Gasteiger partial charge on any atom is 0.164 e. The topological polar surface area (TPSA) is 18.5 Å². The van der Waals surface area contributed by atoms with E-state index >= 15 is 0 Å². The van der Waals surface area contributed by atoms with Crippen LogP contribution in [0.2, 0.25) is 0 Å². The average molecular weight is 320 g/mol. The Balaban J connectivity index is 1.77. The van der Waals surface area contributed by atoms with E-state index in [0.717, 1.165) is 18.6 Å². The van der Waals surface area contributed by atoms with E-state index in [1.807, 2.05) is 25.6 Å². The van der Waals surface area contributed by atoms with Crippen LogP contribution in [-0.4, -0.2) is 23.2 Å². The first kappa shape index (κ1) is 17.6. The molecular weight excluding hydrogens is 292 g/mol. The molecule has 0 N–H and O–H groups in total. The molecule has 0 unspecified atom stereocenters. The van der Waals surface area contributed by atoms with Crippen molar-refractivity contribution in [3.8, 4) is 0 Å². The van der Waals surface area contributed by atoms with Crippen LogP contribution in [0, 0.1) is 0 Å². The first-order chi connectivity index (χ1) is 10.3. The Hall–Kier alpha value is -0.770. The molecular formula is C19H28O2S. The predicted octanol–water partition coefficient (Wildman–Crippen LogP) is 5.44. The zero-order chi connectivity index (χ0) is 16.2. The number of rotatable bonds is 6. The van der Waals surface area contributed by atoms with Gasteiger partial charge in [0.15, 0.2) is 5.79 Å². The van der Waals surface area contributed by atoms with E-state index in [1.54, 1.807) is 0 Å². The van der Waals surface area contributed by atoms with Gasteiger partial charge in [-0.1, -0.05) is 29.8 Å². The van der Waals surface area contributed by atoms with Crippen molar-refractivity contribution in [2.24, 2.45) is 0 Å². The van der Waals surface area contributed by atoms with Gasteiger partial charge in [0.05, 0.1) is 11.7 Å². The first-order valence-electron chi connectivity index (χ1n) is 8.00. The van der Waals surface area contributed by atoms with Crippen molar-refractivity contribution < 1.29 is 9.47 Å². The molecule has 2 rings (SSSR count). The molecule has 1 heterocycles. The molecule has 2 nitrogen and oxygen atoms in total. The Kier molecular flexibility index (Phi) is 5.76. The molecule has 0 aliphatic carbocycles. The molecule has 1 atom stereocenters. The summed E-state index contributed by atoms with van der Waals surface area (Å²) in [6.07, 6.45) is 4.55. The summed E-state index contributed by atoms with van der Waals surface area (Å²) < 4.78 is 12.0. The molecule has 0 saturated carbocycles. The van der Waals surface area contributed by atoms with E-state index in [2.05, 4.69) is 57.2 Å². The SMILES string of the molecule is C/C(=C\CSc1ccccc1)CC[C@H]1OC(C)(C)OC1(C)C. The molecule has 0 bridgehead atoms. The Bertz CT molecular complexity index is 505. The number of ether oxygens (including phenoxy) is 2. The minimum absolute atomic E-state index is 0.160. The Labute approximate surface area is 139 Å². The largest absolute Gasteiger partial charge is 0.344 e. The van der Waals surface area contributed by atoms with Crippen molar-refractivity contribution in [2.45, 2.75) is 69.8 Å². The van der Waals surface area contributed by atoms with E-state index < -0.39 is 5.79 Å². The zero-order valence-electron chi connectivity index (χ0n) is 14.4. The Morgan fingerprint density at radius 3 is 2.45 bits per heavy atom. The van der Waals surface area contributed by atoms with Crippen LogP contribution in [0.1, 0.15) is 47.5 Å². The van der Waals surface area contributed by atoms with Crippen LogP contribution in [-0.2, 0) is 9.47 Å². The van der Waals surface area contributed by atoms with Gasteiger partial charge < -0.3 is 9.47 Å². The normalized spacial score (nSPS) is 23.7. The van der Waals surface area contributed by atoms with Crippen molar-refractivity contribution in [3.63, 3.8) is 0 Å². The molecule has 0 amide bonds. The second-order valence-corrected chi connectivity index (χ2v) is 8.02. The molecule has 1 aliphatic heterocycles. The molecule has 1 saturated heterocycles. The molecule has 3 heteroatoms. The maximum atomic E-state index is 6.03. The van der Waals surface area contributed by atoms with Crippen LogP contribution in [0.5, 0.6) is 0 Å². The Morgan fingerprint density at radius 1 is 1.18 bits per heavy atom. The highest BCUT2D eigenvalue weighted by molar-refractivity contribution is 7.99. The summed E-state index contributed by atoms with van der Waals surface area (Å²) in [5, 5.41) is 0. The van der Waals surface area contributed by atoms with Gasteiger partial charge >= 0.3 is 0 Å². The number of thioether (sulfide) groups is 1. The summed E-state index contributed by atoms with van der Waals surface area (Å²) >= 11 is 1.87. The number of benzene rings is 1. The van der Waals surface area contributed by atoms with Gasteiger partial charge in [-0.2, -0.15) is 0 Å². The highest BCUT2D eigenvalue weighted by Gasteiger charge is 2.46. The molecule has 0 spiro atoms. The van der Waals surface area contributed by atoms with Crippen molar-refractivity contribution in [1.82, 2.24) is 0 Å². The lowest BCUT2D eigenvalue weighted by molar-refractivity contribution is -0.157. The van der Waals surface area contributed by atoms with Gasteiger partial charge in [0.2, 0.25) is 0 Å². The summed E-state index contributed by atoms with van der Waals surface area (Å²) in [4.78, 5) is 1.32. The molecule has 1 aromatic carbocycles. The minimum Gasteiger partial charge on any atom is -0.344 e. The predicted molar refractivity (Wildman–Crippen MR) is 94.3 cm³/mol. The maximum absolute atomic E-state index is 6.03.